The topological polar surface area (TPSA) is 53.5 Å². The van der Waals surface area contributed by atoms with Crippen LogP contribution in [0.4, 0.5) is 0 Å². The number of pyridine rings is 1. The van der Waals surface area contributed by atoms with Crippen LogP contribution in [-0.4, -0.2) is 52.8 Å². The second-order valence-corrected chi connectivity index (χ2v) is 4.95. The normalized spacial score (nSPS) is 10.3. The molecule has 21 heavy (non-hydrogen) atoms. The van der Waals surface area contributed by atoms with Crippen LogP contribution in [0.25, 0.3) is 0 Å². The SMILES string of the molecule is CCN(CC)C(=O)c1cc(Cl)cc(C(=O)N(CC)CC)n1. The van der Waals surface area contributed by atoms with Gasteiger partial charge in [-0.15, -0.1) is 0 Å². The van der Waals surface area contributed by atoms with E-state index in [1.54, 1.807) is 9.80 Å². The quantitative estimate of drug-likeness (QED) is 0.811. The monoisotopic (exact) mass is 311 g/mol. The second-order valence-electron chi connectivity index (χ2n) is 4.51. The van der Waals surface area contributed by atoms with Crippen molar-refractivity contribution >= 4 is 23.4 Å². The maximum atomic E-state index is 12.3. The Balaban J connectivity index is 3.16. The second kappa shape index (κ2) is 7.98. The van der Waals surface area contributed by atoms with Crippen LogP contribution in [0.3, 0.4) is 0 Å². The van der Waals surface area contributed by atoms with E-state index in [4.69, 9.17) is 11.6 Å². The predicted octanol–water partition coefficient (Wildman–Crippen LogP) is 2.70. The molecule has 1 aromatic heterocycles. The molecule has 0 radical (unpaired) electrons. The third-order valence-corrected chi connectivity index (χ3v) is 3.55. The van der Waals surface area contributed by atoms with Gasteiger partial charge in [0.05, 0.1) is 0 Å². The van der Waals surface area contributed by atoms with Crippen LogP contribution in [0.1, 0.15) is 48.7 Å². The minimum atomic E-state index is -0.212. The molecule has 0 saturated heterocycles. The molecular formula is C15H22ClN3O2. The van der Waals surface area contributed by atoms with Crippen molar-refractivity contribution in [3.05, 3.63) is 28.5 Å². The van der Waals surface area contributed by atoms with Crippen molar-refractivity contribution in [1.29, 1.82) is 0 Å². The molecule has 1 heterocycles. The van der Waals surface area contributed by atoms with Crippen molar-refractivity contribution < 1.29 is 9.59 Å². The number of hydrogen-bond donors (Lipinski definition) is 0. The van der Waals surface area contributed by atoms with Crippen LogP contribution < -0.4 is 0 Å². The predicted molar refractivity (Wildman–Crippen MR) is 83.8 cm³/mol. The Bertz CT molecular complexity index is 469. The average Bonchev–Trinajstić information content (AvgIpc) is 2.48. The molecule has 116 valence electrons. The van der Waals surface area contributed by atoms with E-state index in [2.05, 4.69) is 4.98 Å². The first-order valence-electron chi connectivity index (χ1n) is 7.24. The van der Waals surface area contributed by atoms with Crippen LogP contribution in [0.15, 0.2) is 12.1 Å². The Hall–Kier alpha value is -1.62. The zero-order valence-corrected chi connectivity index (χ0v) is 13.8. The Morgan fingerprint density at radius 2 is 1.24 bits per heavy atom. The summed E-state index contributed by atoms with van der Waals surface area (Å²) >= 11 is 6.04. The summed E-state index contributed by atoms with van der Waals surface area (Å²) in [5.74, 6) is -0.424. The minimum absolute atomic E-state index is 0.210. The van der Waals surface area contributed by atoms with E-state index in [9.17, 15) is 9.59 Å². The van der Waals surface area contributed by atoms with Gasteiger partial charge in [-0.2, -0.15) is 0 Å². The fraction of sp³-hybridized carbons (Fsp3) is 0.533. The molecule has 1 aromatic rings. The summed E-state index contributed by atoms with van der Waals surface area (Å²) in [6.07, 6.45) is 0. The molecule has 0 aliphatic heterocycles. The summed E-state index contributed by atoms with van der Waals surface area (Å²) in [4.78, 5) is 32.1. The number of aromatic nitrogens is 1. The van der Waals surface area contributed by atoms with Gasteiger partial charge in [0.1, 0.15) is 11.4 Å². The van der Waals surface area contributed by atoms with Gasteiger partial charge in [0, 0.05) is 31.2 Å². The zero-order chi connectivity index (χ0) is 16.0. The van der Waals surface area contributed by atoms with Crippen molar-refractivity contribution in [1.82, 2.24) is 14.8 Å². The van der Waals surface area contributed by atoms with E-state index in [1.807, 2.05) is 27.7 Å². The molecule has 0 bridgehead atoms. The fourth-order valence-electron chi connectivity index (χ4n) is 2.06. The third kappa shape index (κ3) is 4.17. The first kappa shape index (κ1) is 17.4. The minimum Gasteiger partial charge on any atom is -0.338 e. The fourth-order valence-corrected chi connectivity index (χ4v) is 2.27. The zero-order valence-electron chi connectivity index (χ0n) is 13.0. The summed E-state index contributed by atoms with van der Waals surface area (Å²) in [7, 11) is 0. The molecule has 0 aromatic carbocycles. The number of carbonyl (C=O) groups excluding carboxylic acids is 2. The maximum absolute atomic E-state index is 12.3. The van der Waals surface area contributed by atoms with E-state index in [0.717, 1.165) is 0 Å². The number of amides is 2. The highest BCUT2D eigenvalue weighted by molar-refractivity contribution is 6.31. The molecule has 0 aliphatic rings. The van der Waals surface area contributed by atoms with Gasteiger partial charge in [-0.1, -0.05) is 11.6 Å². The molecule has 0 unspecified atom stereocenters. The van der Waals surface area contributed by atoms with E-state index < -0.39 is 0 Å². The van der Waals surface area contributed by atoms with Crippen molar-refractivity contribution in [2.45, 2.75) is 27.7 Å². The average molecular weight is 312 g/mol. The van der Waals surface area contributed by atoms with Gasteiger partial charge in [0.2, 0.25) is 0 Å². The van der Waals surface area contributed by atoms with Gasteiger partial charge in [-0.25, -0.2) is 4.98 Å². The van der Waals surface area contributed by atoms with Crippen LogP contribution in [-0.2, 0) is 0 Å². The Morgan fingerprint density at radius 3 is 1.52 bits per heavy atom. The van der Waals surface area contributed by atoms with Gasteiger partial charge in [-0.05, 0) is 39.8 Å². The highest BCUT2D eigenvalue weighted by atomic mass is 35.5. The van der Waals surface area contributed by atoms with Crippen LogP contribution in [0, 0.1) is 0 Å². The van der Waals surface area contributed by atoms with Crippen molar-refractivity contribution in [2.75, 3.05) is 26.2 Å². The largest absolute Gasteiger partial charge is 0.338 e. The smallest absolute Gasteiger partial charge is 0.272 e. The lowest BCUT2D eigenvalue weighted by Gasteiger charge is -2.20. The first-order chi connectivity index (χ1) is 9.98. The maximum Gasteiger partial charge on any atom is 0.272 e. The third-order valence-electron chi connectivity index (χ3n) is 3.33. The molecule has 0 saturated carbocycles. The first-order valence-corrected chi connectivity index (χ1v) is 7.62. The van der Waals surface area contributed by atoms with E-state index >= 15 is 0 Å². The van der Waals surface area contributed by atoms with Gasteiger partial charge in [-0.3, -0.25) is 9.59 Å². The molecule has 0 atom stereocenters. The van der Waals surface area contributed by atoms with Crippen LogP contribution in [0.2, 0.25) is 5.02 Å². The summed E-state index contributed by atoms with van der Waals surface area (Å²) < 4.78 is 0. The summed E-state index contributed by atoms with van der Waals surface area (Å²) in [5.41, 5.74) is 0.420. The molecule has 0 N–H and O–H groups in total. The lowest BCUT2D eigenvalue weighted by molar-refractivity contribution is 0.0760. The highest BCUT2D eigenvalue weighted by Crippen LogP contribution is 2.15. The van der Waals surface area contributed by atoms with E-state index in [1.165, 1.54) is 12.1 Å². The summed E-state index contributed by atoms with van der Waals surface area (Å²) in [5, 5.41) is 0.344. The number of nitrogens with zero attached hydrogens (tertiary/aromatic N) is 3. The van der Waals surface area contributed by atoms with Gasteiger partial charge in [0.25, 0.3) is 11.8 Å². The summed E-state index contributed by atoms with van der Waals surface area (Å²) in [6, 6.07) is 3.00. The number of carbonyl (C=O) groups is 2. The highest BCUT2D eigenvalue weighted by Gasteiger charge is 2.20. The number of hydrogen-bond acceptors (Lipinski definition) is 3. The molecule has 2 amide bonds. The van der Waals surface area contributed by atoms with Gasteiger partial charge in [0.15, 0.2) is 0 Å². The molecule has 0 spiro atoms. The lowest BCUT2D eigenvalue weighted by atomic mass is 10.2. The molecule has 5 nitrogen and oxygen atoms in total. The molecule has 0 aliphatic carbocycles. The Morgan fingerprint density at radius 1 is 0.905 bits per heavy atom. The summed E-state index contributed by atoms with van der Waals surface area (Å²) in [6.45, 7) is 9.93. The Labute approximate surface area is 130 Å². The number of halogens is 1. The van der Waals surface area contributed by atoms with Crippen molar-refractivity contribution in [2.24, 2.45) is 0 Å². The standard InChI is InChI=1S/C15H22ClN3O2/c1-5-18(6-2)14(20)12-9-11(16)10-13(17-12)15(21)19(7-3)8-4/h9-10H,5-8H2,1-4H3. The number of rotatable bonds is 6. The van der Waals surface area contributed by atoms with Crippen LogP contribution >= 0.6 is 11.6 Å². The van der Waals surface area contributed by atoms with E-state index in [0.29, 0.717) is 31.2 Å². The molecule has 1 rings (SSSR count). The van der Waals surface area contributed by atoms with Gasteiger partial charge >= 0.3 is 0 Å². The Kier molecular flexibility index (Phi) is 6.62. The van der Waals surface area contributed by atoms with E-state index in [-0.39, 0.29) is 23.2 Å². The van der Waals surface area contributed by atoms with Crippen molar-refractivity contribution in [3.8, 4) is 0 Å². The molecule has 6 heteroatoms. The lowest BCUT2D eigenvalue weighted by Crippen LogP contribution is -2.33. The molecule has 0 fully saturated rings. The van der Waals surface area contributed by atoms with Crippen molar-refractivity contribution in [3.63, 3.8) is 0 Å². The molecular weight excluding hydrogens is 290 g/mol. The van der Waals surface area contributed by atoms with Crippen LogP contribution in [0.5, 0.6) is 0 Å². The van der Waals surface area contributed by atoms with Gasteiger partial charge < -0.3 is 9.80 Å².